The second-order valence-corrected chi connectivity index (χ2v) is 3.19. The van der Waals surface area contributed by atoms with E-state index in [-0.39, 0.29) is 10.6 Å². The lowest BCUT2D eigenvalue weighted by Crippen LogP contribution is -2.00. The largest absolute Gasteiger partial charge is 0.478 e. The predicted octanol–water partition coefficient (Wildman–Crippen LogP) is 2.44. The number of allylic oxidation sites excluding steroid dienone is 1. The van der Waals surface area contributed by atoms with Crippen molar-refractivity contribution in [3.8, 4) is 0 Å². The van der Waals surface area contributed by atoms with Crippen LogP contribution in [0, 0.1) is 11.6 Å². The van der Waals surface area contributed by atoms with Gasteiger partial charge in [-0.05, 0) is 18.2 Å². The minimum Gasteiger partial charge on any atom is -0.478 e. The van der Waals surface area contributed by atoms with Crippen LogP contribution >= 0.6 is 11.6 Å². The van der Waals surface area contributed by atoms with Crippen molar-refractivity contribution in [2.24, 2.45) is 0 Å². The Balaban J connectivity index is 3.09. The van der Waals surface area contributed by atoms with Crippen molar-refractivity contribution in [2.45, 2.75) is 0 Å². The molecule has 1 rings (SSSR count). The molecule has 0 aromatic heterocycles. The summed E-state index contributed by atoms with van der Waals surface area (Å²) in [7, 11) is 0. The van der Waals surface area contributed by atoms with Crippen LogP contribution in [-0.4, -0.2) is 16.9 Å². The van der Waals surface area contributed by atoms with E-state index < -0.39 is 23.4 Å². The SMILES string of the molecule is O=C(O)/C=C/C(=O)c1cc(F)c(F)cc1Cl. The molecule has 0 heterocycles. The topological polar surface area (TPSA) is 54.4 Å². The van der Waals surface area contributed by atoms with Crippen LogP contribution in [0.4, 0.5) is 8.78 Å². The summed E-state index contributed by atoms with van der Waals surface area (Å²) in [5.74, 6) is -4.54. The van der Waals surface area contributed by atoms with Gasteiger partial charge in [0.15, 0.2) is 17.4 Å². The first-order valence-electron chi connectivity index (χ1n) is 4.01. The van der Waals surface area contributed by atoms with Gasteiger partial charge in [0, 0.05) is 11.6 Å². The fourth-order valence-electron chi connectivity index (χ4n) is 0.948. The average molecular weight is 247 g/mol. The Morgan fingerprint density at radius 1 is 1.19 bits per heavy atom. The minimum absolute atomic E-state index is 0.279. The van der Waals surface area contributed by atoms with Crippen LogP contribution in [0.15, 0.2) is 24.3 Å². The molecule has 0 saturated heterocycles. The molecule has 1 aromatic carbocycles. The average Bonchev–Trinajstić information content (AvgIpc) is 2.20. The van der Waals surface area contributed by atoms with Gasteiger partial charge in [-0.3, -0.25) is 4.79 Å². The smallest absolute Gasteiger partial charge is 0.328 e. The maximum atomic E-state index is 12.8. The van der Waals surface area contributed by atoms with Gasteiger partial charge in [0.1, 0.15) is 0 Å². The first kappa shape index (κ1) is 12.3. The van der Waals surface area contributed by atoms with Crippen LogP contribution in [0.2, 0.25) is 5.02 Å². The lowest BCUT2D eigenvalue weighted by molar-refractivity contribution is -0.131. The van der Waals surface area contributed by atoms with E-state index in [4.69, 9.17) is 16.7 Å². The van der Waals surface area contributed by atoms with Crippen molar-refractivity contribution < 1.29 is 23.5 Å². The van der Waals surface area contributed by atoms with Crippen LogP contribution in [0.25, 0.3) is 0 Å². The van der Waals surface area contributed by atoms with E-state index in [1.807, 2.05) is 0 Å². The molecule has 16 heavy (non-hydrogen) atoms. The molecule has 1 N–H and O–H groups in total. The zero-order valence-corrected chi connectivity index (χ0v) is 8.46. The van der Waals surface area contributed by atoms with Crippen LogP contribution in [0.5, 0.6) is 0 Å². The molecule has 0 spiro atoms. The van der Waals surface area contributed by atoms with Gasteiger partial charge in [-0.1, -0.05) is 11.6 Å². The van der Waals surface area contributed by atoms with Gasteiger partial charge in [-0.25, -0.2) is 13.6 Å². The number of benzene rings is 1. The van der Waals surface area contributed by atoms with Crippen LogP contribution in [0.3, 0.4) is 0 Å². The molecule has 0 atom stereocenters. The Hall–Kier alpha value is -1.75. The molecule has 0 aliphatic rings. The summed E-state index contributed by atoms with van der Waals surface area (Å²) >= 11 is 5.50. The standard InChI is InChI=1S/C10H5ClF2O3/c11-6-4-8(13)7(12)3-5(6)9(14)1-2-10(15)16/h1-4H,(H,15,16)/b2-1+. The molecular formula is C10H5ClF2O3. The maximum Gasteiger partial charge on any atom is 0.328 e. The number of carboxylic acid groups (broad SMARTS) is 1. The zero-order chi connectivity index (χ0) is 12.3. The van der Waals surface area contributed by atoms with Crippen molar-refractivity contribution in [1.29, 1.82) is 0 Å². The highest BCUT2D eigenvalue weighted by Gasteiger charge is 2.13. The normalized spacial score (nSPS) is 10.7. The Morgan fingerprint density at radius 3 is 2.31 bits per heavy atom. The third-order valence-electron chi connectivity index (χ3n) is 1.65. The Labute approximate surface area is 94.0 Å². The summed E-state index contributed by atoms with van der Waals surface area (Å²) in [5, 5.41) is 7.99. The lowest BCUT2D eigenvalue weighted by atomic mass is 10.1. The Morgan fingerprint density at radius 2 is 1.75 bits per heavy atom. The van der Waals surface area contributed by atoms with Gasteiger partial charge in [0.2, 0.25) is 0 Å². The summed E-state index contributed by atoms with van der Waals surface area (Å²) in [6, 6.07) is 1.27. The highest BCUT2D eigenvalue weighted by Crippen LogP contribution is 2.20. The Bertz CT molecular complexity index is 483. The summed E-state index contributed by atoms with van der Waals surface area (Å²) < 4.78 is 25.4. The predicted molar refractivity (Wildman–Crippen MR) is 52.5 cm³/mol. The number of carboxylic acids is 1. The van der Waals surface area contributed by atoms with Gasteiger partial charge in [-0.15, -0.1) is 0 Å². The number of carbonyl (C=O) groups is 2. The van der Waals surface area contributed by atoms with Crippen molar-refractivity contribution in [3.05, 3.63) is 46.5 Å². The van der Waals surface area contributed by atoms with Gasteiger partial charge >= 0.3 is 5.97 Å². The third kappa shape index (κ3) is 2.87. The van der Waals surface area contributed by atoms with Crippen molar-refractivity contribution in [2.75, 3.05) is 0 Å². The van der Waals surface area contributed by atoms with E-state index in [2.05, 4.69) is 0 Å². The molecular weight excluding hydrogens is 242 g/mol. The number of hydrogen-bond acceptors (Lipinski definition) is 2. The second kappa shape index (κ2) is 4.85. The fraction of sp³-hybridized carbons (Fsp3) is 0. The molecule has 1 aromatic rings. The molecule has 0 aliphatic carbocycles. The summed E-state index contributed by atoms with van der Waals surface area (Å²) in [4.78, 5) is 21.4. The summed E-state index contributed by atoms with van der Waals surface area (Å²) in [6.45, 7) is 0. The van der Waals surface area contributed by atoms with E-state index >= 15 is 0 Å². The number of halogens is 3. The highest BCUT2D eigenvalue weighted by atomic mass is 35.5. The van der Waals surface area contributed by atoms with Gasteiger partial charge in [0.25, 0.3) is 0 Å². The molecule has 0 saturated carbocycles. The maximum absolute atomic E-state index is 12.8. The fourth-order valence-corrected chi connectivity index (χ4v) is 1.19. The molecule has 0 amide bonds. The van der Waals surface area contributed by atoms with Gasteiger partial charge < -0.3 is 5.11 Å². The van der Waals surface area contributed by atoms with Crippen LogP contribution in [-0.2, 0) is 4.79 Å². The number of carbonyl (C=O) groups excluding carboxylic acids is 1. The quantitative estimate of drug-likeness (QED) is 0.506. The molecule has 84 valence electrons. The van der Waals surface area contributed by atoms with E-state index in [0.29, 0.717) is 24.3 Å². The van der Waals surface area contributed by atoms with Crippen LogP contribution < -0.4 is 0 Å². The van der Waals surface area contributed by atoms with Gasteiger partial charge in [0.05, 0.1) is 5.02 Å². The minimum atomic E-state index is -1.33. The number of ketones is 1. The van der Waals surface area contributed by atoms with Crippen LogP contribution in [0.1, 0.15) is 10.4 Å². The second-order valence-electron chi connectivity index (χ2n) is 2.78. The Kier molecular flexibility index (Phi) is 3.73. The molecule has 0 aliphatic heterocycles. The highest BCUT2D eigenvalue weighted by molar-refractivity contribution is 6.34. The van der Waals surface area contributed by atoms with E-state index in [1.54, 1.807) is 0 Å². The molecule has 3 nitrogen and oxygen atoms in total. The van der Waals surface area contributed by atoms with Crippen molar-refractivity contribution in [3.63, 3.8) is 0 Å². The number of rotatable bonds is 3. The van der Waals surface area contributed by atoms with E-state index in [0.717, 1.165) is 0 Å². The zero-order valence-electron chi connectivity index (χ0n) is 7.71. The molecule has 0 unspecified atom stereocenters. The van der Waals surface area contributed by atoms with E-state index in [1.165, 1.54) is 0 Å². The molecule has 0 fully saturated rings. The first-order chi connectivity index (χ1) is 7.41. The lowest BCUT2D eigenvalue weighted by Gasteiger charge is -2.00. The van der Waals surface area contributed by atoms with Crippen molar-refractivity contribution in [1.82, 2.24) is 0 Å². The molecule has 0 radical (unpaired) electrons. The molecule has 6 heteroatoms. The third-order valence-corrected chi connectivity index (χ3v) is 1.97. The van der Waals surface area contributed by atoms with Crippen molar-refractivity contribution >= 4 is 23.4 Å². The first-order valence-corrected chi connectivity index (χ1v) is 4.39. The summed E-state index contributed by atoms with van der Waals surface area (Å²) in [5.41, 5.74) is -0.293. The number of hydrogen-bond donors (Lipinski definition) is 1. The van der Waals surface area contributed by atoms with E-state index in [9.17, 15) is 18.4 Å². The summed E-state index contributed by atoms with van der Waals surface area (Å²) in [6.07, 6.45) is 1.29. The monoisotopic (exact) mass is 246 g/mol. The van der Waals surface area contributed by atoms with Gasteiger partial charge in [-0.2, -0.15) is 0 Å². The molecule has 0 bridgehead atoms. The number of aliphatic carboxylic acids is 1.